The van der Waals surface area contributed by atoms with Gasteiger partial charge in [-0.15, -0.1) is 24.5 Å². The molecule has 132 valence electrons. The van der Waals surface area contributed by atoms with E-state index in [0.29, 0.717) is 24.7 Å². The Morgan fingerprint density at radius 2 is 1.88 bits per heavy atom. The van der Waals surface area contributed by atoms with Crippen molar-refractivity contribution in [2.75, 3.05) is 18.8 Å². The zero-order chi connectivity index (χ0) is 18.4. The zero-order valence-electron chi connectivity index (χ0n) is 14.3. The van der Waals surface area contributed by atoms with E-state index in [2.05, 4.69) is 18.1 Å². The first kappa shape index (κ1) is 18.4. The van der Waals surface area contributed by atoms with Crippen LogP contribution < -0.4 is 0 Å². The number of benzene rings is 1. The van der Waals surface area contributed by atoms with Crippen molar-refractivity contribution in [3.63, 3.8) is 0 Å². The first-order valence-electron chi connectivity index (χ1n) is 8.16. The standard InChI is InChI=1S/C20H19N3OS2/c1-3-11-23(12-4-2)18(24)14-26-20-15-8-5-6-9-16(15)21-19(22-20)17-10-7-13-25-17/h3-10,13H,1-2,11-12,14H2. The highest BCUT2D eigenvalue weighted by Gasteiger charge is 2.15. The molecule has 0 aliphatic heterocycles. The van der Waals surface area contributed by atoms with Crippen molar-refractivity contribution in [2.45, 2.75) is 5.03 Å². The minimum absolute atomic E-state index is 0.0372. The summed E-state index contributed by atoms with van der Waals surface area (Å²) < 4.78 is 0. The first-order chi connectivity index (χ1) is 12.7. The molecule has 0 unspecified atom stereocenters. The van der Waals surface area contributed by atoms with Gasteiger partial charge in [0.1, 0.15) is 5.03 Å². The van der Waals surface area contributed by atoms with Crippen molar-refractivity contribution in [3.05, 3.63) is 67.1 Å². The summed E-state index contributed by atoms with van der Waals surface area (Å²) in [5, 5.41) is 3.79. The van der Waals surface area contributed by atoms with Crippen molar-refractivity contribution in [3.8, 4) is 10.7 Å². The number of amides is 1. The monoisotopic (exact) mass is 381 g/mol. The highest BCUT2D eigenvalue weighted by atomic mass is 32.2. The molecule has 6 heteroatoms. The average molecular weight is 382 g/mol. The summed E-state index contributed by atoms with van der Waals surface area (Å²) in [5.41, 5.74) is 0.884. The summed E-state index contributed by atoms with van der Waals surface area (Å²) in [4.78, 5) is 24.6. The van der Waals surface area contributed by atoms with E-state index >= 15 is 0 Å². The minimum Gasteiger partial charge on any atom is -0.335 e. The van der Waals surface area contributed by atoms with Crippen molar-refractivity contribution >= 4 is 39.9 Å². The van der Waals surface area contributed by atoms with Crippen LogP contribution >= 0.6 is 23.1 Å². The number of aromatic nitrogens is 2. The van der Waals surface area contributed by atoms with Crippen LogP contribution in [-0.4, -0.2) is 39.6 Å². The van der Waals surface area contributed by atoms with E-state index in [9.17, 15) is 4.79 Å². The molecule has 0 bridgehead atoms. The van der Waals surface area contributed by atoms with Gasteiger partial charge in [0.25, 0.3) is 0 Å². The van der Waals surface area contributed by atoms with Gasteiger partial charge in [0.15, 0.2) is 5.82 Å². The zero-order valence-corrected chi connectivity index (χ0v) is 15.9. The largest absolute Gasteiger partial charge is 0.335 e. The van der Waals surface area contributed by atoms with Crippen molar-refractivity contribution in [1.82, 2.24) is 14.9 Å². The summed E-state index contributed by atoms with van der Waals surface area (Å²) in [6.07, 6.45) is 3.45. The third kappa shape index (κ3) is 4.20. The van der Waals surface area contributed by atoms with Crippen LogP contribution in [0.2, 0.25) is 0 Å². The molecule has 1 aromatic carbocycles. The van der Waals surface area contributed by atoms with Crippen LogP contribution in [0.3, 0.4) is 0 Å². The quantitative estimate of drug-likeness (QED) is 0.324. The van der Waals surface area contributed by atoms with Crippen LogP contribution in [0.1, 0.15) is 0 Å². The van der Waals surface area contributed by atoms with Gasteiger partial charge < -0.3 is 4.90 Å². The predicted molar refractivity (Wildman–Crippen MR) is 111 cm³/mol. The van der Waals surface area contributed by atoms with Crippen LogP contribution in [0.15, 0.2) is 72.1 Å². The molecule has 0 aliphatic carbocycles. The second-order valence-corrected chi connectivity index (χ2v) is 7.42. The molecule has 0 atom stereocenters. The van der Waals surface area contributed by atoms with E-state index in [4.69, 9.17) is 4.98 Å². The molecule has 0 radical (unpaired) electrons. The van der Waals surface area contributed by atoms with Crippen LogP contribution in [-0.2, 0) is 4.79 Å². The lowest BCUT2D eigenvalue weighted by Crippen LogP contribution is -2.32. The van der Waals surface area contributed by atoms with E-state index in [1.165, 1.54) is 11.8 Å². The normalized spacial score (nSPS) is 10.6. The number of hydrogen-bond acceptors (Lipinski definition) is 5. The Hall–Kier alpha value is -2.44. The van der Waals surface area contributed by atoms with Crippen LogP contribution in [0, 0.1) is 0 Å². The molecule has 26 heavy (non-hydrogen) atoms. The Bertz CT molecular complexity index is 912. The topological polar surface area (TPSA) is 46.1 Å². The first-order valence-corrected chi connectivity index (χ1v) is 10.0. The molecule has 0 saturated heterocycles. The van der Waals surface area contributed by atoms with Gasteiger partial charge in [-0.05, 0) is 17.5 Å². The number of fused-ring (bicyclic) bond motifs is 1. The summed E-state index contributed by atoms with van der Waals surface area (Å²) in [6.45, 7) is 8.44. The van der Waals surface area contributed by atoms with Crippen molar-refractivity contribution in [2.24, 2.45) is 0 Å². The van der Waals surface area contributed by atoms with Gasteiger partial charge in [-0.3, -0.25) is 4.79 Å². The van der Waals surface area contributed by atoms with E-state index in [0.717, 1.165) is 20.8 Å². The van der Waals surface area contributed by atoms with Gasteiger partial charge in [0.2, 0.25) is 5.91 Å². The molecule has 2 heterocycles. The molecule has 3 rings (SSSR count). The van der Waals surface area contributed by atoms with Gasteiger partial charge in [-0.1, -0.05) is 48.2 Å². The number of carbonyl (C=O) groups is 1. The summed E-state index contributed by atoms with van der Waals surface area (Å²) in [6, 6.07) is 11.9. The number of hydrogen-bond donors (Lipinski definition) is 0. The third-order valence-corrected chi connectivity index (χ3v) is 5.54. The lowest BCUT2D eigenvalue weighted by atomic mass is 10.2. The molecular formula is C20H19N3OS2. The van der Waals surface area contributed by atoms with Crippen LogP contribution in [0.5, 0.6) is 0 Å². The summed E-state index contributed by atoms with van der Waals surface area (Å²) in [5.74, 6) is 1.05. The number of carbonyl (C=O) groups excluding carboxylic acids is 1. The van der Waals surface area contributed by atoms with Crippen molar-refractivity contribution in [1.29, 1.82) is 0 Å². The van der Waals surface area contributed by atoms with E-state index < -0.39 is 0 Å². The van der Waals surface area contributed by atoms with E-state index in [1.54, 1.807) is 28.4 Å². The van der Waals surface area contributed by atoms with Gasteiger partial charge in [0.05, 0.1) is 16.1 Å². The van der Waals surface area contributed by atoms with Gasteiger partial charge in [-0.2, -0.15) is 0 Å². The Morgan fingerprint density at radius 1 is 1.12 bits per heavy atom. The van der Waals surface area contributed by atoms with Crippen LogP contribution in [0.25, 0.3) is 21.6 Å². The fraction of sp³-hybridized carbons (Fsp3) is 0.150. The van der Waals surface area contributed by atoms with E-state index in [-0.39, 0.29) is 5.91 Å². The molecule has 0 saturated carbocycles. The number of thioether (sulfide) groups is 1. The predicted octanol–water partition coefficient (Wildman–Crippen LogP) is 4.65. The number of rotatable bonds is 8. The molecule has 4 nitrogen and oxygen atoms in total. The maximum Gasteiger partial charge on any atom is 0.233 e. The molecule has 0 aliphatic rings. The Morgan fingerprint density at radius 3 is 2.58 bits per heavy atom. The summed E-state index contributed by atoms with van der Waals surface area (Å²) >= 11 is 3.05. The fourth-order valence-electron chi connectivity index (χ4n) is 2.48. The van der Waals surface area contributed by atoms with Gasteiger partial charge >= 0.3 is 0 Å². The summed E-state index contributed by atoms with van der Waals surface area (Å²) in [7, 11) is 0. The smallest absolute Gasteiger partial charge is 0.233 e. The van der Waals surface area contributed by atoms with Gasteiger partial charge in [-0.25, -0.2) is 9.97 Å². The highest BCUT2D eigenvalue weighted by Crippen LogP contribution is 2.30. The number of thiophene rings is 1. The maximum absolute atomic E-state index is 12.5. The average Bonchev–Trinajstić information content (AvgIpc) is 3.20. The maximum atomic E-state index is 12.5. The van der Waals surface area contributed by atoms with Crippen LogP contribution in [0.4, 0.5) is 0 Å². The second kappa shape index (κ2) is 8.78. The molecule has 2 aromatic heterocycles. The molecule has 0 spiro atoms. The molecule has 0 N–H and O–H groups in total. The lowest BCUT2D eigenvalue weighted by Gasteiger charge is -2.19. The molecule has 3 aromatic rings. The second-order valence-electron chi connectivity index (χ2n) is 5.51. The third-order valence-electron chi connectivity index (χ3n) is 3.69. The van der Waals surface area contributed by atoms with Crippen molar-refractivity contribution < 1.29 is 4.79 Å². The molecule has 1 amide bonds. The number of para-hydroxylation sites is 1. The highest BCUT2D eigenvalue weighted by molar-refractivity contribution is 8.00. The SMILES string of the molecule is C=CCN(CC=C)C(=O)CSc1nc(-c2cccs2)nc2ccccc12. The lowest BCUT2D eigenvalue weighted by molar-refractivity contribution is -0.127. The van der Waals surface area contributed by atoms with Gasteiger partial charge in [0, 0.05) is 18.5 Å². The molecule has 0 fully saturated rings. The Balaban J connectivity index is 1.87. The van der Waals surface area contributed by atoms with E-state index in [1.807, 2.05) is 41.8 Å². The minimum atomic E-state index is 0.0372. The number of nitrogens with zero attached hydrogens (tertiary/aromatic N) is 3. The Kier molecular flexibility index (Phi) is 6.20. The Labute approximate surface area is 161 Å². The fourth-order valence-corrected chi connectivity index (χ4v) is 4.06. The molecular weight excluding hydrogens is 362 g/mol.